The first-order valence-corrected chi connectivity index (χ1v) is 9.56. The molecule has 0 radical (unpaired) electrons. The van der Waals surface area contributed by atoms with Crippen molar-refractivity contribution in [3.8, 4) is 0 Å². The zero-order valence-electron chi connectivity index (χ0n) is 14.1. The Morgan fingerprint density at radius 3 is 2.63 bits per heavy atom. The number of carbonyl (C=O) groups is 2. The first kappa shape index (κ1) is 19.0. The second-order valence-corrected chi connectivity index (χ2v) is 7.51. The third-order valence-electron chi connectivity index (χ3n) is 3.45. The number of hydrogen-bond acceptors (Lipinski definition) is 7. The molecular formula is C18H14FN3O3S2. The molecule has 0 unspecified atom stereocenters. The molecule has 0 atom stereocenters. The average Bonchev–Trinajstić information content (AvgIpc) is 3.13. The highest BCUT2D eigenvalue weighted by Gasteiger charge is 2.11. The number of nitrogens with one attached hydrogen (secondary N) is 1. The number of carbonyl (C=O) groups excluding carboxylic acids is 2. The Morgan fingerprint density at radius 1 is 1.15 bits per heavy atom. The molecular weight excluding hydrogens is 389 g/mol. The van der Waals surface area contributed by atoms with Gasteiger partial charge in [-0.25, -0.2) is 9.18 Å². The quantitative estimate of drug-likeness (QED) is 0.381. The summed E-state index contributed by atoms with van der Waals surface area (Å²) in [6.45, 7) is 0. The Balaban J connectivity index is 1.56. The molecule has 138 valence electrons. The molecule has 0 saturated carbocycles. The van der Waals surface area contributed by atoms with Gasteiger partial charge in [-0.15, -0.1) is 10.2 Å². The van der Waals surface area contributed by atoms with Crippen LogP contribution in [0.25, 0.3) is 0 Å². The minimum Gasteiger partial charge on any atom is -0.465 e. The highest BCUT2D eigenvalue weighted by molar-refractivity contribution is 8.00. The number of amides is 1. The van der Waals surface area contributed by atoms with E-state index in [4.69, 9.17) is 0 Å². The molecule has 1 aromatic heterocycles. The number of nitrogens with zero attached hydrogens (tertiary/aromatic N) is 2. The van der Waals surface area contributed by atoms with Crippen LogP contribution in [0.4, 0.5) is 9.52 Å². The molecule has 9 heteroatoms. The van der Waals surface area contributed by atoms with Gasteiger partial charge < -0.3 is 4.74 Å². The summed E-state index contributed by atoms with van der Waals surface area (Å²) in [7, 11) is 1.34. The molecule has 0 aliphatic carbocycles. The van der Waals surface area contributed by atoms with Gasteiger partial charge >= 0.3 is 5.97 Å². The van der Waals surface area contributed by atoms with Gasteiger partial charge in [0.25, 0.3) is 5.91 Å². The SMILES string of the molecule is COC(=O)c1ccc(CSc2nnc(NC(=O)c3cccc(F)c3)s2)cc1. The molecule has 1 N–H and O–H groups in total. The molecule has 3 aromatic rings. The Hall–Kier alpha value is -2.78. The van der Waals surface area contributed by atoms with Crippen molar-refractivity contribution in [3.63, 3.8) is 0 Å². The summed E-state index contributed by atoms with van der Waals surface area (Å²) in [5.74, 6) is -0.666. The van der Waals surface area contributed by atoms with E-state index in [1.165, 1.54) is 48.4 Å². The molecule has 2 aromatic carbocycles. The molecule has 27 heavy (non-hydrogen) atoms. The number of hydrogen-bond donors (Lipinski definition) is 1. The normalized spacial score (nSPS) is 10.4. The van der Waals surface area contributed by atoms with Gasteiger partial charge in [0.15, 0.2) is 4.34 Å². The van der Waals surface area contributed by atoms with Crippen LogP contribution in [-0.4, -0.2) is 29.2 Å². The number of halogens is 1. The van der Waals surface area contributed by atoms with Crippen LogP contribution in [0.15, 0.2) is 52.9 Å². The van der Waals surface area contributed by atoms with Gasteiger partial charge in [-0.05, 0) is 35.9 Å². The van der Waals surface area contributed by atoms with Crippen LogP contribution in [0.3, 0.4) is 0 Å². The van der Waals surface area contributed by atoms with Crippen molar-refractivity contribution in [1.82, 2.24) is 10.2 Å². The average molecular weight is 403 g/mol. The highest BCUT2D eigenvalue weighted by atomic mass is 32.2. The van der Waals surface area contributed by atoms with Crippen LogP contribution >= 0.6 is 23.1 Å². The number of methoxy groups -OCH3 is 1. The lowest BCUT2D eigenvalue weighted by Gasteiger charge is -2.02. The van der Waals surface area contributed by atoms with E-state index in [9.17, 15) is 14.0 Å². The van der Waals surface area contributed by atoms with Gasteiger partial charge in [0, 0.05) is 11.3 Å². The van der Waals surface area contributed by atoms with Crippen molar-refractivity contribution in [3.05, 3.63) is 71.0 Å². The number of rotatable bonds is 6. The van der Waals surface area contributed by atoms with Gasteiger partial charge in [-0.3, -0.25) is 10.1 Å². The fourth-order valence-electron chi connectivity index (χ4n) is 2.12. The summed E-state index contributed by atoms with van der Waals surface area (Å²) in [6, 6.07) is 12.5. The zero-order valence-corrected chi connectivity index (χ0v) is 15.8. The van der Waals surface area contributed by atoms with Crippen molar-refractivity contribution in [2.75, 3.05) is 12.4 Å². The number of anilines is 1. The Labute approximate surface area is 162 Å². The summed E-state index contributed by atoms with van der Waals surface area (Å²) in [5.41, 5.74) is 1.71. The molecule has 0 aliphatic heterocycles. The minimum atomic E-state index is -0.477. The van der Waals surface area contributed by atoms with Crippen molar-refractivity contribution >= 4 is 40.1 Å². The lowest BCUT2D eigenvalue weighted by Crippen LogP contribution is -2.11. The maximum absolute atomic E-state index is 13.2. The monoisotopic (exact) mass is 403 g/mol. The van der Waals surface area contributed by atoms with Crippen LogP contribution in [0, 0.1) is 5.82 Å². The molecule has 3 rings (SSSR count). The Kier molecular flexibility index (Phi) is 6.15. The van der Waals surface area contributed by atoms with E-state index in [0.717, 1.165) is 11.6 Å². The number of ether oxygens (including phenoxy) is 1. The van der Waals surface area contributed by atoms with E-state index < -0.39 is 11.7 Å². The molecule has 0 saturated heterocycles. The van der Waals surface area contributed by atoms with E-state index in [0.29, 0.717) is 20.8 Å². The number of thioether (sulfide) groups is 1. The Bertz CT molecular complexity index is 960. The lowest BCUT2D eigenvalue weighted by molar-refractivity contribution is 0.0600. The van der Waals surface area contributed by atoms with Gasteiger partial charge in [0.05, 0.1) is 12.7 Å². The third kappa shape index (κ3) is 5.11. The zero-order chi connectivity index (χ0) is 19.2. The number of esters is 1. The summed E-state index contributed by atoms with van der Waals surface area (Å²) in [4.78, 5) is 23.5. The highest BCUT2D eigenvalue weighted by Crippen LogP contribution is 2.28. The van der Waals surface area contributed by atoms with E-state index in [1.54, 1.807) is 12.1 Å². The molecule has 0 bridgehead atoms. The maximum Gasteiger partial charge on any atom is 0.337 e. The largest absolute Gasteiger partial charge is 0.465 e. The van der Waals surface area contributed by atoms with Crippen LogP contribution in [0.1, 0.15) is 26.3 Å². The van der Waals surface area contributed by atoms with E-state index >= 15 is 0 Å². The summed E-state index contributed by atoms with van der Waals surface area (Å²) in [6.07, 6.45) is 0. The fourth-order valence-corrected chi connectivity index (χ4v) is 3.82. The molecule has 0 fully saturated rings. The van der Waals surface area contributed by atoms with Crippen LogP contribution in [0.5, 0.6) is 0 Å². The number of benzene rings is 2. The van der Waals surface area contributed by atoms with Gasteiger partial charge in [-0.1, -0.05) is 41.3 Å². The lowest BCUT2D eigenvalue weighted by atomic mass is 10.1. The molecule has 0 spiro atoms. The topological polar surface area (TPSA) is 81.2 Å². The first-order chi connectivity index (χ1) is 13.0. The van der Waals surface area contributed by atoms with Crippen LogP contribution in [-0.2, 0) is 10.5 Å². The maximum atomic E-state index is 13.2. The van der Waals surface area contributed by atoms with E-state index in [1.807, 2.05) is 12.1 Å². The van der Waals surface area contributed by atoms with Crippen LogP contribution < -0.4 is 5.32 Å². The molecule has 1 heterocycles. The van der Waals surface area contributed by atoms with Gasteiger partial charge in [0.1, 0.15) is 5.82 Å². The third-order valence-corrected chi connectivity index (χ3v) is 5.49. The standard InChI is InChI=1S/C18H14FN3O3S2/c1-25-16(24)12-7-5-11(6-8-12)10-26-18-22-21-17(27-18)20-15(23)13-3-2-4-14(19)9-13/h2-9H,10H2,1H3,(H,20,21,23). The molecule has 0 aliphatic rings. The summed E-state index contributed by atoms with van der Waals surface area (Å²) in [5, 5.41) is 10.9. The summed E-state index contributed by atoms with van der Waals surface area (Å²) < 4.78 is 18.5. The van der Waals surface area contributed by atoms with Crippen LogP contribution in [0.2, 0.25) is 0 Å². The second-order valence-electron chi connectivity index (χ2n) is 5.31. The minimum absolute atomic E-state index is 0.213. The van der Waals surface area contributed by atoms with Gasteiger partial charge in [0.2, 0.25) is 5.13 Å². The Morgan fingerprint density at radius 2 is 1.93 bits per heavy atom. The fraction of sp³-hybridized carbons (Fsp3) is 0.111. The molecule has 1 amide bonds. The van der Waals surface area contributed by atoms with Gasteiger partial charge in [-0.2, -0.15) is 0 Å². The van der Waals surface area contributed by atoms with E-state index in [-0.39, 0.29) is 11.5 Å². The van der Waals surface area contributed by atoms with Crippen molar-refractivity contribution < 1.29 is 18.7 Å². The number of aromatic nitrogens is 2. The second kappa shape index (κ2) is 8.74. The smallest absolute Gasteiger partial charge is 0.337 e. The van der Waals surface area contributed by atoms with Crippen molar-refractivity contribution in [2.45, 2.75) is 10.1 Å². The van der Waals surface area contributed by atoms with Crippen molar-refractivity contribution in [2.24, 2.45) is 0 Å². The predicted molar refractivity (Wildman–Crippen MR) is 102 cm³/mol. The molecule has 6 nitrogen and oxygen atoms in total. The van der Waals surface area contributed by atoms with Crippen molar-refractivity contribution in [1.29, 1.82) is 0 Å². The van der Waals surface area contributed by atoms with E-state index in [2.05, 4.69) is 20.3 Å². The predicted octanol–water partition coefficient (Wildman–Crippen LogP) is 4.01. The first-order valence-electron chi connectivity index (χ1n) is 7.75. The summed E-state index contributed by atoms with van der Waals surface area (Å²) >= 11 is 2.69.